The van der Waals surface area contributed by atoms with Crippen molar-refractivity contribution >= 4 is 9.84 Å². The SMILES string of the molecule is CNCC(COC)N1CCCS(=O)(=O)CC1. The first-order valence-corrected chi connectivity index (χ1v) is 7.49. The highest BCUT2D eigenvalue weighted by Crippen LogP contribution is 2.08. The van der Waals surface area contributed by atoms with E-state index in [4.69, 9.17) is 4.74 Å². The standard InChI is InChI=1S/C10H22N2O3S/c1-11-8-10(9-15-2)12-4-3-6-16(13,14)7-5-12/h10-11H,3-9H2,1-2H3. The minimum atomic E-state index is -2.82. The third kappa shape index (κ3) is 4.37. The number of nitrogens with zero attached hydrogens (tertiary/aromatic N) is 1. The van der Waals surface area contributed by atoms with Gasteiger partial charge in [-0.2, -0.15) is 0 Å². The van der Waals surface area contributed by atoms with E-state index in [0.29, 0.717) is 18.9 Å². The fourth-order valence-electron chi connectivity index (χ4n) is 2.04. The summed E-state index contributed by atoms with van der Waals surface area (Å²) in [6.45, 7) is 2.93. The van der Waals surface area contributed by atoms with Crippen molar-refractivity contribution in [1.82, 2.24) is 10.2 Å². The van der Waals surface area contributed by atoms with Crippen LogP contribution >= 0.6 is 0 Å². The van der Waals surface area contributed by atoms with Gasteiger partial charge in [-0.1, -0.05) is 0 Å². The van der Waals surface area contributed by atoms with E-state index < -0.39 is 9.84 Å². The van der Waals surface area contributed by atoms with Crippen LogP contribution in [0.5, 0.6) is 0 Å². The topological polar surface area (TPSA) is 58.6 Å². The summed E-state index contributed by atoms with van der Waals surface area (Å²) in [5, 5.41) is 3.12. The molecule has 1 rings (SSSR count). The number of hydrogen-bond acceptors (Lipinski definition) is 5. The van der Waals surface area contributed by atoms with Crippen LogP contribution in [-0.2, 0) is 14.6 Å². The van der Waals surface area contributed by atoms with Crippen molar-refractivity contribution in [3.63, 3.8) is 0 Å². The number of likely N-dealkylation sites (N-methyl/N-ethyl adjacent to an activating group) is 1. The molecule has 0 bridgehead atoms. The highest BCUT2D eigenvalue weighted by Gasteiger charge is 2.24. The van der Waals surface area contributed by atoms with E-state index in [-0.39, 0.29) is 11.8 Å². The van der Waals surface area contributed by atoms with Crippen molar-refractivity contribution in [2.24, 2.45) is 0 Å². The van der Waals surface area contributed by atoms with Crippen LogP contribution < -0.4 is 5.32 Å². The van der Waals surface area contributed by atoms with Gasteiger partial charge in [-0.05, 0) is 20.0 Å². The Morgan fingerprint density at radius 2 is 2.12 bits per heavy atom. The van der Waals surface area contributed by atoms with Crippen LogP contribution in [0, 0.1) is 0 Å². The quantitative estimate of drug-likeness (QED) is 0.702. The Labute approximate surface area is 98.1 Å². The summed E-state index contributed by atoms with van der Waals surface area (Å²) in [6.07, 6.45) is 0.728. The van der Waals surface area contributed by atoms with Crippen molar-refractivity contribution in [3.8, 4) is 0 Å². The second-order valence-electron chi connectivity index (χ2n) is 4.21. The second-order valence-corrected chi connectivity index (χ2v) is 6.51. The van der Waals surface area contributed by atoms with Gasteiger partial charge in [-0.25, -0.2) is 8.42 Å². The van der Waals surface area contributed by atoms with E-state index in [1.807, 2.05) is 7.05 Å². The lowest BCUT2D eigenvalue weighted by Crippen LogP contribution is -2.45. The highest BCUT2D eigenvalue weighted by molar-refractivity contribution is 7.91. The fraction of sp³-hybridized carbons (Fsp3) is 1.00. The summed E-state index contributed by atoms with van der Waals surface area (Å²) >= 11 is 0. The van der Waals surface area contributed by atoms with Gasteiger partial charge >= 0.3 is 0 Å². The fourth-order valence-corrected chi connectivity index (χ4v) is 3.33. The van der Waals surface area contributed by atoms with Crippen molar-refractivity contribution in [3.05, 3.63) is 0 Å². The molecule has 1 unspecified atom stereocenters. The van der Waals surface area contributed by atoms with Gasteiger partial charge in [-0.3, -0.25) is 4.90 Å². The number of rotatable bonds is 5. The van der Waals surface area contributed by atoms with E-state index in [1.54, 1.807) is 7.11 Å². The molecule has 0 spiro atoms. The van der Waals surface area contributed by atoms with Gasteiger partial charge in [0.15, 0.2) is 9.84 Å². The van der Waals surface area contributed by atoms with Crippen LogP contribution in [0.15, 0.2) is 0 Å². The van der Waals surface area contributed by atoms with Gasteiger partial charge in [0.1, 0.15) is 0 Å². The molecule has 0 aromatic rings. The largest absolute Gasteiger partial charge is 0.383 e. The third-order valence-corrected chi connectivity index (χ3v) is 4.62. The van der Waals surface area contributed by atoms with Crippen LogP contribution in [-0.4, -0.2) is 71.3 Å². The Balaban J connectivity index is 2.56. The summed E-state index contributed by atoms with van der Waals surface area (Å²) in [5.41, 5.74) is 0. The molecule has 1 aliphatic rings. The predicted molar refractivity (Wildman–Crippen MR) is 64.4 cm³/mol. The molecule has 1 saturated heterocycles. The highest BCUT2D eigenvalue weighted by atomic mass is 32.2. The van der Waals surface area contributed by atoms with Crippen LogP contribution in [0.4, 0.5) is 0 Å². The minimum absolute atomic E-state index is 0.267. The van der Waals surface area contributed by atoms with Crippen LogP contribution in [0.1, 0.15) is 6.42 Å². The van der Waals surface area contributed by atoms with Gasteiger partial charge in [0.25, 0.3) is 0 Å². The van der Waals surface area contributed by atoms with Crippen LogP contribution in [0.3, 0.4) is 0 Å². The Hall–Kier alpha value is -0.170. The Morgan fingerprint density at radius 3 is 2.75 bits per heavy atom. The molecule has 96 valence electrons. The molecule has 1 fully saturated rings. The molecule has 0 amide bonds. The molecule has 5 nitrogen and oxygen atoms in total. The second kappa shape index (κ2) is 6.54. The number of nitrogens with one attached hydrogen (secondary N) is 1. The van der Waals surface area contributed by atoms with Crippen molar-refractivity contribution in [2.75, 3.05) is 51.9 Å². The Kier molecular flexibility index (Phi) is 5.68. The lowest BCUT2D eigenvalue weighted by atomic mass is 10.2. The molecule has 0 aromatic heterocycles. The predicted octanol–water partition coefficient (Wildman–Crippen LogP) is -0.659. The van der Waals surface area contributed by atoms with E-state index >= 15 is 0 Å². The van der Waals surface area contributed by atoms with Gasteiger partial charge < -0.3 is 10.1 Å². The average molecular weight is 250 g/mol. The van der Waals surface area contributed by atoms with Crippen LogP contribution in [0.25, 0.3) is 0 Å². The van der Waals surface area contributed by atoms with Crippen molar-refractivity contribution < 1.29 is 13.2 Å². The maximum atomic E-state index is 11.5. The maximum Gasteiger partial charge on any atom is 0.151 e. The van der Waals surface area contributed by atoms with E-state index in [1.165, 1.54) is 0 Å². The molecule has 0 saturated carbocycles. The van der Waals surface area contributed by atoms with Crippen LogP contribution in [0.2, 0.25) is 0 Å². The molecular weight excluding hydrogens is 228 g/mol. The lowest BCUT2D eigenvalue weighted by Gasteiger charge is -2.29. The lowest BCUT2D eigenvalue weighted by molar-refractivity contribution is 0.0951. The molecule has 1 aliphatic heterocycles. The summed E-state index contributed by atoms with van der Waals surface area (Å²) in [6, 6.07) is 0.267. The molecular formula is C10H22N2O3S. The summed E-state index contributed by atoms with van der Waals surface area (Å²) in [7, 11) is 0.759. The summed E-state index contributed by atoms with van der Waals surface area (Å²) < 4.78 is 28.1. The van der Waals surface area contributed by atoms with Crippen molar-refractivity contribution in [1.29, 1.82) is 0 Å². The van der Waals surface area contributed by atoms with E-state index in [0.717, 1.165) is 19.5 Å². The van der Waals surface area contributed by atoms with Gasteiger partial charge in [-0.15, -0.1) is 0 Å². The zero-order valence-corrected chi connectivity index (χ0v) is 10.9. The first-order valence-electron chi connectivity index (χ1n) is 5.67. The summed E-state index contributed by atoms with van der Waals surface area (Å²) in [5.74, 6) is 0.597. The van der Waals surface area contributed by atoms with Crippen molar-refractivity contribution in [2.45, 2.75) is 12.5 Å². The first kappa shape index (κ1) is 13.9. The number of ether oxygens (including phenoxy) is 1. The Morgan fingerprint density at radius 1 is 1.38 bits per heavy atom. The smallest absolute Gasteiger partial charge is 0.151 e. The normalized spacial score (nSPS) is 23.9. The molecule has 0 radical (unpaired) electrons. The number of methoxy groups -OCH3 is 1. The molecule has 0 aliphatic carbocycles. The van der Waals surface area contributed by atoms with E-state index in [9.17, 15) is 8.42 Å². The molecule has 1 heterocycles. The summed E-state index contributed by atoms with van der Waals surface area (Å²) in [4.78, 5) is 2.21. The van der Waals surface area contributed by atoms with Gasteiger partial charge in [0.05, 0.1) is 18.1 Å². The number of hydrogen-bond donors (Lipinski definition) is 1. The molecule has 1 N–H and O–H groups in total. The minimum Gasteiger partial charge on any atom is -0.383 e. The van der Waals surface area contributed by atoms with Gasteiger partial charge in [0, 0.05) is 26.2 Å². The van der Waals surface area contributed by atoms with E-state index in [2.05, 4.69) is 10.2 Å². The first-order chi connectivity index (χ1) is 7.59. The molecule has 0 aromatic carbocycles. The molecule has 6 heteroatoms. The molecule has 1 atom stereocenters. The zero-order chi connectivity index (χ0) is 12.0. The van der Waals surface area contributed by atoms with Gasteiger partial charge in [0.2, 0.25) is 0 Å². The maximum absolute atomic E-state index is 11.5. The molecule has 16 heavy (non-hydrogen) atoms. The monoisotopic (exact) mass is 250 g/mol. The average Bonchev–Trinajstić information content (AvgIpc) is 2.39. The zero-order valence-electron chi connectivity index (χ0n) is 10.1. The number of sulfone groups is 1. The third-order valence-electron chi connectivity index (χ3n) is 2.91. The Bertz CT molecular complexity index is 286.